The molecule has 296 valence electrons. The summed E-state index contributed by atoms with van der Waals surface area (Å²) in [5.41, 5.74) is 5.30. The average Bonchev–Trinajstić information content (AvgIpc) is 3.94. The van der Waals surface area contributed by atoms with Crippen LogP contribution in [-0.2, 0) is 21.4 Å². The van der Waals surface area contributed by atoms with E-state index in [1.807, 2.05) is 49.1 Å². The third kappa shape index (κ3) is 8.22. The number of amides is 4. The van der Waals surface area contributed by atoms with Crippen LogP contribution in [0.2, 0.25) is 5.02 Å². The van der Waals surface area contributed by atoms with Crippen LogP contribution in [0.5, 0.6) is 11.5 Å². The number of carbonyl (C=O) groups excluding carboxylic acids is 4. The van der Waals surface area contributed by atoms with E-state index in [2.05, 4.69) is 42.4 Å². The third-order valence-electron chi connectivity index (χ3n) is 11.5. The van der Waals surface area contributed by atoms with E-state index in [1.54, 1.807) is 28.9 Å². The molecular weight excluding hydrogens is 746 g/mol. The van der Waals surface area contributed by atoms with Gasteiger partial charge in [-0.25, -0.2) is 9.97 Å². The molecule has 15 heteroatoms. The van der Waals surface area contributed by atoms with Crippen LogP contribution in [0, 0.1) is 18.8 Å². The summed E-state index contributed by atoms with van der Waals surface area (Å²) in [5, 5.41) is 7.16. The van der Waals surface area contributed by atoms with Gasteiger partial charge in [-0.15, -0.1) is 0 Å². The molecule has 0 spiro atoms. The summed E-state index contributed by atoms with van der Waals surface area (Å²) in [5.74, 6) is 1.50. The van der Waals surface area contributed by atoms with E-state index in [4.69, 9.17) is 16.3 Å². The summed E-state index contributed by atoms with van der Waals surface area (Å²) in [7, 11) is 3.75. The van der Waals surface area contributed by atoms with Gasteiger partial charge in [-0.1, -0.05) is 23.7 Å². The number of nitrogens with one attached hydrogen (secondary N) is 2. The predicted molar refractivity (Wildman–Crippen MR) is 215 cm³/mol. The number of ether oxygens (including phenoxy) is 1. The third-order valence-corrected chi connectivity index (χ3v) is 11.8. The Morgan fingerprint density at radius 2 is 1.72 bits per heavy atom. The molecule has 0 bridgehead atoms. The molecule has 2 atom stereocenters. The zero-order valence-corrected chi connectivity index (χ0v) is 33.1. The molecule has 57 heavy (non-hydrogen) atoms. The minimum Gasteiger partial charge on any atom is -0.453 e. The molecule has 0 saturated carbocycles. The molecule has 0 aliphatic carbocycles. The largest absolute Gasteiger partial charge is 0.453 e. The number of rotatable bonds is 10. The van der Waals surface area contributed by atoms with Crippen molar-refractivity contribution in [2.24, 2.45) is 18.9 Å². The lowest BCUT2D eigenvalue weighted by molar-refractivity contribution is -0.134. The Bertz CT molecular complexity index is 2310. The van der Waals surface area contributed by atoms with E-state index in [0.717, 1.165) is 54.9 Å². The van der Waals surface area contributed by atoms with Gasteiger partial charge < -0.3 is 24.4 Å². The first kappa shape index (κ1) is 38.1. The van der Waals surface area contributed by atoms with Crippen molar-refractivity contribution in [2.75, 3.05) is 44.7 Å². The van der Waals surface area contributed by atoms with Gasteiger partial charge in [0, 0.05) is 77.1 Å². The van der Waals surface area contributed by atoms with Crippen molar-refractivity contribution in [2.45, 2.75) is 51.4 Å². The molecule has 3 aliphatic rings. The Morgan fingerprint density at radius 1 is 0.982 bits per heavy atom. The summed E-state index contributed by atoms with van der Waals surface area (Å²) in [4.78, 5) is 68.9. The van der Waals surface area contributed by atoms with Gasteiger partial charge in [0.25, 0.3) is 5.91 Å². The molecule has 2 aromatic carbocycles. The van der Waals surface area contributed by atoms with Crippen LogP contribution >= 0.6 is 11.6 Å². The van der Waals surface area contributed by atoms with E-state index in [1.165, 1.54) is 6.20 Å². The first-order valence-electron chi connectivity index (χ1n) is 19.5. The molecular formula is C42H46ClN9O5. The number of aromatic amines is 1. The van der Waals surface area contributed by atoms with Gasteiger partial charge in [0.2, 0.25) is 17.7 Å². The van der Waals surface area contributed by atoms with Gasteiger partial charge in [-0.05, 0) is 86.4 Å². The number of nitrogens with zero attached hydrogens (tertiary/aromatic N) is 7. The maximum absolute atomic E-state index is 13.5. The highest BCUT2D eigenvalue weighted by molar-refractivity contribution is 6.32. The summed E-state index contributed by atoms with van der Waals surface area (Å²) in [6, 6.07) is 15.1. The number of halogens is 1. The highest BCUT2D eigenvalue weighted by Crippen LogP contribution is 2.37. The quantitative estimate of drug-likeness (QED) is 0.165. The number of aromatic nitrogens is 5. The number of H-pyrrole nitrogens is 1. The number of imidazole rings is 1. The van der Waals surface area contributed by atoms with E-state index >= 15 is 0 Å². The molecule has 5 aromatic rings. The van der Waals surface area contributed by atoms with Crippen molar-refractivity contribution >= 4 is 52.1 Å². The molecule has 14 nitrogen and oxygen atoms in total. The van der Waals surface area contributed by atoms with Crippen LogP contribution < -0.4 is 15.0 Å². The molecule has 3 aromatic heterocycles. The lowest BCUT2D eigenvalue weighted by atomic mass is 9.90. The van der Waals surface area contributed by atoms with E-state index in [0.29, 0.717) is 83.9 Å². The Labute approximate surface area is 335 Å². The van der Waals surface area contributed by atoms with Crippen molar-refractivity contribution in [3.05, 3.63) is 82.8 Å². The highest BCUT2D eigenvalue weighted by Gasteiger charge is 2.31. The second-order valence-electron chi connectivity index (χ2n) is 15.6. The van der Waals surface area contributed by atoms with Gasteiger partial charge in [0.15, 0.2) is 11.4 Å². The number of pyridine rings is 1. The number of imide groups is 1. The van der Waals surface area contributed by atoms with Gasteiger partial charge in [0.1, 0.15) is 22.1 Å². The number of hydrogen-bond acceptors (Lipinski definition) is 9. The maximum atomic E-state index is 13.5. The smallest absolute Gasteiger partial charge is 0.253 e. The van der Waals surface area contributed by atoms with Crippen LogP contribution in [0.3, 0.4) is 0 Å². The topological polar surface area (TPSA) is 159 Å². The zero-order valence-electron chi connectivity index (χ0n) is 32.3. The number of fused-ring (bicyclic) bond motifs is 1. The minimum absolute atomic E-state index is 0.0470. The second kappa shape index (κ2) is 16.0. The van der Waals surface area contributed by atoms with Gasteiger partial charge >= 0.3 is 0 Å². The number of benzene rings is 2. The normalized spacial score (nSPS) is 18.9. The first-order chi connectivity index (χ1) is 27.5. The van der Waals surface area contributed by atoms with Crippen molar-refractivity contribution in [3.8, 4) is 22.9 Å². The SMILES string of the molecule is Cc1nn(C)cc1-c1nc2ncc(Cl)c(Oc3ccc(C(=O)N4CCC(CC(=O)N(C)CC5CCN(c6ccc([C@@H]7CCC(=O)NC7=O)cc6)C5)CC4)cc3)c2[nH]1. The first-order valence-corrected chi connectivity index (χ1v) is 19.9. The maximum Gasteiger partial charge on any atom is 0.253 e. The summed E-state index contributed by atoms with van der Waals surface area (Å²) < 4.78 is 7.93. The van der Waals surface area contributed by atoms with Crippen LogP contribution in [0.4, 0.5) is 5.69 Å². The van der Waals surface area contributed by atoms with Crippen molar-refractivity contribution in [1.82, 2.24) is 39.8 Å². The zero-order chi connectivity index (χ0) is 39.8. The van der Waals surface area contributed by atoms with Crippen molar-refractivity contribution < 1.29 is 23.9 Å². The number of likely N-dealkylation sites (tertiary alicyclic amines) is 1. The molecule has 3 saturated heterocycles. The van der Waals surface area contributed by atoms with Gasteiger partial charge in [0.05, 0.1) is 23.4 Å². The van der Waals surface area contributed by atoms with E-state index < -0.39 is 0 Å². The number of carbonyl (C=O) groups is 4. The van der Waals surface area contributed by atoms with E-state index in [9.17, 15) is 19.2 Å². The Kier molecular flexibility index (Phi) is 10.7. The number of hydrogen-bond donors (Lipinski definition) is 2. The van der Waals surface area contributed by atoms with Crippen LogP contribution in [0.1, 0.15) is 66.1 Å². The number of piperidine rings is 2. The fourth-order valence-electron chi connectivity index (χ4n) is 8.31. The Hall–Kier alpha value is -5.76. The van der Waals surface area contributed by atoms with Crippen molar-refractivity contribution in [3.63, 3.8) is 0 Å². The highest BCUT2D eigenvalue weighted by atomic mass is 35.5. The molecule has 8 rings (SSSR count). The standard InChI is InChI=1S/C42H46ClN9O5/c1-25-33(24-50(3)48-25)39-46-37-38(34(43)21-44-40(37)47-39)57-31-10-6-29(7-11-31)42(56)51-17-14-26(15-18-51)20-36(54)49(2)22-27-16-19-52(23-27)30-8-4-28(5-9-30)32-12-13-35(53)45-41(32)55/h4-11,21,24,26-27,32H,12-20,22-23H2,1-3H3,(H,44,46,47)(H,45,53,55)/t27?,32-/m0/s1. The van der Waals surface area contributed by atoms with Crippen LogP contribution in [-0.4, -0.2) is 97.9 Å². The average molecular weight is 792 g/mol. The van der Waals surface area contributed by atoms with Gasteiger partial charge in [-0.2, -0.15) is 5.10 Å². The monoisotopic (exact) mass is 791 g/mol. The lowest BCUT2D eigenvalue weighted by Crippen LogP contribution is -2.40. The molecule has 3 aliphatic heterocycles. The Morgan fingerprint density at radius 3 is 2.42 bits per heavy atom. The summed E-state index contributed by atoms with van der Waals surface area (Å²) in [6.45, 7) is 5.59. The molecule has 3 fully saturated rings. The fourth-order valence-corrected chi connectivity index (χ4v) is 8.50. The summed E-state index contributed by atoms with van der Waals surface area (Å²) in [6.07, 6.45) is 7.33. The van der Waals surface area contributed by atoms with Crippen LogP contribution in [0.15, 0.2) is 60.9 Å². The molecule has 2 N–H and O–H groups in total. The molecule has 6 heterocycles. The second-order valence-corrected chi connectivity index (χ2v) is 16.0. The van der Waals surface area contributed by atoms with Gasteiger partial charge in [-0.3, -0.25) is 29.2 Å². The fraction of sp³-hybridized carbons (Fsp3) is 0.405. The molecule has 4 amide bonds. The van der Waals surface area contributed by atoms with E-state index in [-0.39, 0.29) is 35.5 Å². The van der Waals surface area contributed by atoms with Crippen molar-refractivity contribution in [1.29, 1.82) is 0 Å². The Balaban J connectivity index is 0.794. The molecule has 0 radical (unpaired) electrons. The lowest BCUT2D eigenvalue weighted by Gasteiger charge is -2.33. The van der Waals surface area contributed by atoms with Crippen LogP contribution in [0.25, 0.3) is 22.6 Å². The minimum atomic E-state index is -0.289. The number of aryl methyl sites for hydroxylation is 2. The number of anilines is 1. The predicted octanol–water partition coefficient (Wildman–Crippen LogP) is 5.86. The molecule has 1 unspecified atom stereocenters. The summed E-state index contributed by atoms with van der Waals surface area (Å²) >= 11 is 6.53.